The van der Waals surface area contributed by atoms with Crippen LogP contribution in [0.15, 0.2) is 249 Å². The van der Waals surface area contributed by atoms with E-state index in [1.807, 2.05) is 47.7 Å². The largest absolute Gasteiger partial charge is 0.208 e. The number of nitrogens with zero attached hydrogens (tertiary/aromatic N) is 3. The van der Waals surface area contributed by atoms with Gasteiger partial charge < -0.3 is 0 Å². The third-order valence-corrected chi connectivity index (χ3v) is 16.0. The maximum absolute atomic E-state index is 5.08. The first-order valence-electron chi connectivity index (χ1n) is 24.8. The Bertz CT molecular complexity index is 4590. The second-order valence-electron chi connectivity index (χ2n) is 19.0. The fourth-order valence-electron chi connectivity index (χ4n) is 11.6. The molecule has 13 aromatic carbocycles. The van der Waals surface area contributed by atoms with Crippen LogP contribution in [-0.4, -0.2) is 15.0 Å². The van der Waals surface area contributed by atoms with Gasteiger partial charge in [-0.05, 0) is 141 Å². The van der Waals surface area contributed by atoms with Crippen LogP contribution in [0.2, 0.25) is 0 Å². The Morgan fingerprint density at radius 2 is 0.630 bits per heavy atom. The highest BCUT2D eigenvalue weighted by molar-refractivity contribution is 7.25. The molecule has 0 radical (unpaired) electrons. The molecule has 4 heteroatoms. The fourth-order valence-corrected chi connectivity index (χ4v) is 12.6. The Morgan fingerprint density at radius 3 is 1.22 bits per heavy atom. The molecular formula is C69H41N3S. The number of fused-ring (bicyclic) bond motifs is 9. The molecule has 15 rings (SSSR count). The monoisotopic (exact) mass is 943 g/mol. The number of benzene rings is 13. The minimum Gasteiger partial charge on any atom is -0.208 e. The van der Waals surface area contributed by atoms with Crippen molar-refractivity contribution in [2.45, 2.75) is 0 Å². The van der Waals surface area contributed by atoms with Crippen molar-refractivity contribution in [2.24, 2.45) is 0 Å². The van der Waals surface area contributed by atoms with Crippen molar-refractivity contribution >= 4 is 85.4 Å². The summed E-state index contributed by atoms with van der Waals surface area (Å²) in [6.45, 7) is 0. The van der Waals surface area contributed by atoms with Crippen LogP contribution in [-0.2, 0) is 0 Å². The average Bonchev–Trinajstić information content (AvgIpc) is 3.84. The second kappa shape index (κ2) is 16.6. The van der Waals surface area contributed by atoms with Crippen LogP contribution in [0.5, 0.6) is 0 Å². The summed E-state index contributed by atoms with van der Waals surface area (Å²) >= 11 is 1.82. The number of rotatable bonds is 7. The van der Waals surface area contributed by atoms with Gasteiger partial charge in [0.2, 0.25) is 0 Å². The molecular weight excluding hydrogens is 903 g/mol. The van der Waals surface area contributed by atoms with Gasteiger partial charge in [0.15, 0.2) is 17.5 Å². The van der Waals surface area contributed by atoms with E-state index < -0.39 is 0 Å². The van der Waals surface area contributed by atoms with Gasteiger partial charge in [-0.2, -0.15) is 0 Å². The van der Waals surface area contributed by atoms with Crippen LogP contribution in [0.1, 0.15) is 0 Å². The highest BCUT2D eigenvalue weighted by Crippen LogP contribution is 2.52. The highest BCUT2D eigenvalue weighted by atomic mass is 32.1. The molecule has 0 fully saturated rings. The lowest BCUT2D eigenvalue weighted by molar-refractivity contribution is 1.07. The number of hydrogen-bond acceptors (Lipinski definition) is 4. The summed E-state index contributed by atoms with van der Waals surface area (Å²) < 4.78 is 2.46. The Kier molecular flexibility index (Phi) is 9.44. The van der Waals surface area contributed by atoms with Crippen LogP contribution in [0.25, 0.3) is 153 Å². The van der Waals surface area contributed by atoms with Crippen LogP contribution < -0.4 is 0 Å². The summed E-state index contributed by atoms with van der Waals surface area (Å²) in [7, 11) is 0. The van der Waals surface area contributed by atoms with Gasteiger partial charge in [0.1, 0.15) is 0 Å². The Morgan fingerprint density at radius 1 is 0.219 bits per heavy atom. The van der Waals surface area contributed by atoms with Crippen LogP contribution in [0.4, 0.5) is 0 Å². The molecule has 0 saturated carbocycles. The summed E-state index contributed by atoms with van der Waals surface area (Å²) in [5.41, 5.74) is 12.4. The minimum absolute atomic E-state index is 0.650. The molecule has 0 spiro atoms. The molecule has 0 N–H and O–H groups in total. The molecule has 2 aromatic heterocycles. The van der Waals surface area contributed by atoms with E-state index in [-0.39, 0.29) is 0 Å². The molecule has 15 aromatic rings. The standard InChI is InChI=1S/C69H41N3S/c1-5-18-42(19-6-1)56-41-57(62(43-20-7-2-8-21-43)66-55-33-17-31-53-51-29-14-13-28-50(51)52-30-16-32-54(65(56)66)63(52)64(53)55)48-27-15-26-46(38-48)47-34-36-60-58(39-47)59-40-49(35-37-61(59)73-60)69-71-67(44-22-9-3-10-23-44)70-68(72-69)45-24-11-4-12-25-45/h1-41H. The van der Waals surface area contributed by atoms with Crippen molar-refractivity contribution in [3.63, 3.8) is 0 Å². The van der Waals surface area contributed by atoms with E-state index in [0.717, 1.165) is 27.8 Å². The van der Waals surface area contributed by atoms with E-state index >= 15 is 0 Å². The van der Waals surface area contributed by atoms with Gasteiger partial charge >= 0.3 is 0 Å². The molecule has 0 aliphatic heterocycles. The van der Waals surface area contributed by atoms with Gasteiger partial charge in [-0.25, -0.2) is 15.0 Å². The minimum atomic E-state index is 0.650. The summed E-state index contributed by atoms with van der Waals surface area (Å²) in [6.07, 6.45) is 0. The van der Waals surface area contributed by atoms with Crippen molar-refractivity contribution in [3.05, 3.63) is 249 Å². The van der Waals surface area contributed by atoms with Crippen molar-refractivity contribution < 1.29 is 0 Å². The lowest BCUT2D eigenvalue weighted by atomic mass is 9.79. The van der Waals surface area contributed by atoms with Crippen molar-refractivity contribution in [1.82, 2.24) is 15.0 Å². The van der Waals surface area contributed by atoms with Crippen molar-refractivity contribution in [2.75, 3.05) is 0 Å². The smallest absolute Gasteiger partial charge is 0.164 e. The molecule has 0 saturated heterocycles. The molecule has 0 unspecified atom stereocenters. The molecule has 73 heavy (non-hydrogen) atoms. The first-order valence-corrected chi connectivity index (χ1v) is 25.6. The predicted molar refractivity (Wildman–Crippen MR) is 309 cm³/mol. The Balaban J connectivity index is 0.945. The SMILES string of the molecule is c1ccc(-c2nc(-c3ccccc3)nc(-c3ccc4sc5ccc(-c6cccc(-c7cc(-c8ccccc8)c8c9cccc%10c%11ccccc%11c%11cccc(c8c7-c7ccccc7)c%11c%109)c6)cc5c4c3)n2)cc1. The molecule has 0 atom stereocenters. The molecule has 0 bridgehead atoms. The van der Waals surface area contributed by atoms with Crippen LogP contribution >= 0.6 is 11.3 Å². The van der Waals surface area contributed by atoms with Gasteiger partial charge in [-0.15, -0.1) is 11.3 Å². The number of hydrogen-bond donors (Lipinski definition) is 0. The zero-order chi connectivity index (χ0) is 48.0. The highest BCUT2D eigenvalue weighted by Gasteiger charge is 2.25. The van der Waals surface area contributed by atoms with Crippen molar-refractivity contribution in [3.8, 4) is 78.7 Å². The lowest BCUT2D eigenvalue weighted by Gasteiger charge is -2.24. The maximum Gasteiger partial charge on any atom is 0.164 e. The first kappa shape index (κ1) is 41.4. The summed E-state index contributed by atoms with van der Waals surface area (Å²) in [5.74, 6) is 1.96. The predicted octanol–water partition coefficient (Wildman–Crippen LogP) is 19.1. The average molecular weight is 944 g/mol. The fraction of sp³-hybridized carbons (Fsp3) is 0. The number of aromatic nitrogens is 3. The van der Waals surface area contributed by atoms with E-state index in [1.54, 1.807) is 0 Å². The summed E-state index contributed by atoms with van der Waals surface area (Å²) in [6, 6.07) is 90.4. The van der Waals surface area contributed by atoms with Gasteiger partial charge in [-0.3, -0.25) is 0 Å². The molecule has 338 valence electrons. The topological polar surface area (TPSA) is 38.7 Å². The quantitative estimate of drug-likeness (QED) is 0.118. The van der Waals surface area contributed by atoms with Crippen LogP contribution in [0, 0.1) is 0 Å². The lowest BCUT2D eigenvalue weighted by Crippen LogP contribution is -2.00. The molecule has 0 amide bonds. The maximum atomic E-state index is 5.08. The zero-order valence-electron chi connectivity index (χ0n) is 39.4. The summed E-state index contributed by atoms with van der Waals surface area (Å²) in [4.78, 5) is 15.1. The summed E-state index contributed by atoms with van der Waals surface area (Å²) in [5, 5.41) is 15.3. The van der Waals surface area contributed by atoms with Crippen molar-refractivity contribution in [1.29, 1.82) is 0 Å². The first-order chi connectivity index (χ1) is 36.2. The Hall–Kier alpha value is -9.35. The zero-order valence-corrected chi connectivity index (χ0v) is 40.2. The Labute approximate surface area is 425 Å². The molecule has 0 aliphatic rings. The normalized spacial score (nSPS) is 11.8. The van der Waals surface area contributed by atoms with Gasteiger partial charge in [0.05, 0.1) is 0 Å². The van der Waals surface area contributed by atoms with Gasteiger partial charge in [0, 0.05) is 36.9 Å². The third kappa shape index (κ3) is 6.69. The van der Waals surface area contributed by atoms with E-state index in [2.05, 4.69) is 212 Å². The molecule has 0 aliphatic carbocycles. The molecule has 3 nitrogen and oxygen atoms in total. The van der Waals surface area contributed by atoms with Gasteiger partial charge in [0.25, 0.3) is 0 Å². The molecule has 2 heterocycles. The van der Waals surface area contributed by atoms with Gasteiger partial charge in [-0.1, -0.05) is 206 Å². The number of thiophene rings is 1. The second-order valence-corrected chi connectivity index (χ2v) is 20.1. The third-order valence-electron chi connectivity index (χ3n) is 14.8. The van der Waals surface area contributed by atoms with E-state index in [1.165, 1.54) is 107 Å². The van der Waals surface area contributed by atoms with E-state index in [0.29, 0.717) is 17.5 Å². The van der Waals surface area contributed by atoms with E-state index in [4.69, 9.17) is 15.0 Å². The van der Waals surface area contributed by atoms with Crippen LogP contribution in [0.3, 0.4) is 0 Å². The van der Waals surface area contributed by atoms with E-state index in [9.17, 15) is 0 Å².